The second-order valence-electron chi connectivity index (χ2n) is 7.09. The molecule has 0 fully saturated rings. The van der Waals surface area contributed by atoms with E-state index in [4.69, 9.17) is 0 Å². The summed E-state index contributed by atoms with van der Waals surface area (Å²) in [5.74, 6) is 0.996. The summed E-state index contributed by atoms with van der Waals surface area (Å²) in [5, 5.41) is 0. The highest BCUT2D eigenvalue weighted by atomic mass is 14.4. The molecule has 4 aliphatic rings. The zero-order valence-electron chi connectivity index (χ0n) is 14.5. The predicted octanol–water partition coefficient (Wildman–Crippen LogP) is 6.15. The second kappa shape index (κ2) is 5.23. The van der Waals surface area contributed by atoms with Gasteiger partial charge in [0.25, 0.3) is 0 Å². The Morgan fingerprint density at radius 2 is 1.35 bits per heavy atom. The van der Waals surface area contributed by atoms with E-state index in [1.54, 1.807) is 11.1 Å². The third-order valence-corrected chi connectivity index (χ3v) is 6.13. The van der Waals surface area contributed by atoms with Crippen LogP contribution in [0.25, 0.3) is 0 Å². The van der Waals surface area contributed by atoms with Gasteiger partial charge in [0.2, 0.25) is 0 Å². The van der Waals surface area contributed by atoms with Crippen molar-refractivity contribution in [2.24, 2.45) is 11.8 Å². The molecule has 0 aromatic carbocycles. The van der Waals surface area contributed by atoms with Gasteiger partial charge in [-0.2, -0.15) is 0 Å². The normalized spacial score (nSPS) is 28.5. The first-order valence-corrected chi connectivity index (χ1v) is 8.61. The van der Waals surface area contributed by atoms with Gasteiger partial charge in [0, 0.05) is 11.8 Å². The van der Waals surface area contributed by atoms with E-state index in [0.717, 1.165) is 6.42 Å². The Morgan fingerprint density at radius 1 is 0.696 bits per heavy atom. The SMILES string of the molecule is CC1=C(C)C2C=CC=CC2=C1CC1=C(C)C(C)=C2C=CC=CC21. The minimum Gasteiger partial charge on any atom is -0.0730 e. The third kappa shape index (κ3) is 2.05. The maximum absolute atomic E-state index is 2.37. The third-order valence-electron chi connectivity index (χ3n) is 6.13. The Kier molecular flexibility index (Phi) is 3.30. The molecule has 0 saturated carbocycles. The molecular formula is C23H24. The molecule has 2 unspecified atom stereocenters. The van der Waals surface area contributed by atoms with E-state index in [1.165, 1.54) is 33.4 Å². The highest BCUT2D eigenvalue weighted by molar-refractivity contribution is 5.62. The molecule has 0 heterocycles. The van der Waals surface area contributed by atoms with Crippen molar-refractivity contribution in [1.29, 1.82) is 0 Å². The van der Waals surface area contributed by atoms with Crippen LogP contribution in [0.3, 0.4) is 0 Å². The van der Waals surface area contributed by atoms with Crippen molar-refractivity contribution in [2.45, 2.75) is 34.1 Å². The summed E-state index contributed by atoms with van der Waals surface area (Å²) in [6.07, 6.45) is 19.2. The maximum Gasteiger partial charge on any atom is 0.0243 e. The van der Waals surface area contributed by atoms with Crippen LogP contribution in [-0.4, -0.2) is 0 Å². The maximum atomic E-state index is 2.37. The van der Waals surface area contributed by atoms with Gasteiger partial charge in [0.05, 0.1) is 0 Å². The van der Waals surface area contributed by atoms with Gasteiger partial charge >= 0.3 is 0 Å². The topological polar surface area (TPSA) is 0 Å². The van der Waals surface area contributed by atoms with Crippen molar-refractivity contribution in [3.63, 3.8) is 0 Å². The van der Waals surface area contributed by atoms with Crippen LogP contribution in [0.2, 0.25) is 0 Å². The lowest BCUT2D eigenvalue weighted by atomic mass is 9.85. The Hall–Kier alpha value is -2.08. The number of hydrogen-bond donors (Lipinski definition) is 0. The van der Waals surface area contributed by atoms with Crippen LogP contribution in [0.4, 0.5) is 0 Å². The van der Waals surface area contributed by atoms with Gasteiger partial charge < -0.3 is 0 Å². The van der Waals surface area contributed by atoms with Crippen LogP contribution in [0, 0.1) is 11.8 Å². The lowest BCUT2D eigenvalue weighted by molar-refractivity contribution is 0.869. The van der Waals surface area contributed by atoms with Gasteiger partial charge in [-0.15, -0.1) is 0 Å². The molecule has 0 spiro atoms. The molecule has 0 aromatic rings. The molecule has 0 amide bonds. The molecular weight excluding hydrogens is 276 g/mol. The Bertz CT molecular complexity index is 825. The van der Waals surface area contributed by atoms with Crippen LogP contribution in [0.15, 0.2) is 93.2 Å². The van der Waals surface area contributed by atoms with Gasteiger partial charge in [0.1, 0.15) is 0 Å². The first kappa shape index (κ1) is 14.5. The fraction of sp³-hybridized carbons (Fsp3) is 0.304. The fourth-order valence-electron chi connectivity index (χ4n) is 4.46. The van der Waals surface area contributed by atoms with Crippen molar-refractivity contribution < 1.29 is 0 Å². The average Bonchev–Trinajstić information content (AvgIpc) is 2.97. The minimum atomic E-state index is 0.489. The average molecular weight is 300 g/mol. The largest absolute Gasteiger partial charge is 0.0730 e. The molecule has 0 aromatic heterocycles. The molecule has 0 aliphatic heterocycles. The van der Waals surface area contributed by atoms with Crippen molar-refractivity contribution >= 4 is 0 Å². The smallest absolute Gasteiger partial charge is 0.0243 e. The zero-order chi connectivity index (χ0) is 16.1. The molecule has 0 N–H and O–H groups in total. The summed E-state index contributed by atoms with van der Waals surface area (Å²) >= 11 is 0. The van der Waals surface area contributed by atoms with Gasteiger partial charge in [0.15, 0.2) is 0 Å². The molecule has 116 valence electrons. The first-order chi connectivity index (χ1) is 11.1. The van der Waals surface area contributed by atoms with Crippen LogP contribution in [0.5, 0.6) is 0 Å². The molecule has 4 aliphatic carbocycles. The monoisotopic (exact) mass is 300 g/mol. The molecule has 4 rings (SSSR count). The van der Waals surface area contributed by atoms with Crippen LogP contribution < -0.4 is 0 Å². The Labute approximate surface area is 139 Å². The zero-order valence-corrected chi connectivity index (χ0v) is 14.5. The van der Waals surface area contributed by atoms with Gasteiger partial charge in [-0.25, -0.2) is 0 Å². The van der Waals surface area contributed by atoms with Crippen LogP contribution in [0.1, 0.15) is 34.1 Å². The number of hydrogen-bond acceptors (Lipinski definition) is 0. The Balaban J connectivity index is 1.75. The van der Waals surface area contributed by atoms with Crippen molar-refractivity contribution in [3.8, 4) is 0 Å². The van der Waals surface area contributed by atoms with E-state index in [0.29, 0.717) is 11.8 Å². The number of rotatable bonds is 2. The summed E-state index contributed by atoms with van der Waals surface area (Å²) in [6.45, 7) is 9.18. The molecule has 0 nitrogen and oxygen atoms in total. The predicted molar refractivity (Wildman–Crippen MR) is 99.0 cm³/mol. The lowest BCUT2D eigenvalue weighted by Gasteiger charge is -2.19. The van der Waals surface area contributed by atoms with E-state index in [-0.39, 0.29) is 0 Å². The highest BCUT2D eigenvalue weighted by Gasteiger charge is 2.32. The van der Waals surface area contributed by atoms with E-state index < -0.39 is 0 Å². The number of allylic oxidation sites excluding steroid dienone is 16. The van der Waals surface area contributed by atoms with Gasteiger partial charge in [-0.1, -0.05) is 59.8 Å². The standard InChI is InChI=1S/C23H24/c1-14-16(3)22(20-11-7-5-9-18(14)20)13-23-17(4)15(2)19-10-6-8-12-21(19)23/h5-12,18,21H,13H2,1-4H3. The van der Waals surface area contributed by atoms with Gasteiger partial charge in [-0.05, 0) is 67.6 Å². The summed E-state index contributed by atoms with van der Waals surface area (Å²) in [4.78, 5) is 0. The van der Waals surface area contributed by atoms with E-state index >= 15 is 0 Å². The highest BCUT2D eigenvalue weighted by Crippen LogP contribution is 2.48. The molecule has 2 atom stereocenters. The van der Waals surface area contributed by atoms with Crippen molar-refractivity contribution in [3.05, 3.63) is 93.2 Å². The van der Waals surface area contributed by atoms with E-state index in [1.807, 2.05) is 0 Å². The van der Waals surface area contributed by atoms with E-state index in [2.05, 4.69) is 76.3 Å². The molecule has 0 heteroatoms. The molecule has 0 radical (unpaired) electrons. The van der Waals surface area contributed by atoms with E-state index in [9.17, 15) is 0 Å². The second-order valence-corrected chi connectivity index (χ2v) is 7.09. The molecule has 0 saturated heterocycles. The van der Waals surface area contributed by atoms with Gasteiger partial charge in [-0.3, -0.25) is 0 Å². The first-order valence-electron chi connectivity index (χ1n) is 8.61. The molecule has 0 bridgehead atoms. The quantitative estimate of drug-likeness (QED) is 0.573. The van der Waals surface area contributed by atoms with Crippen LogP contribution in [-0.2, 0) is 0 Å². The summed E-state index contributed by atoms with van der Waals surface area (Å²) < 4.78 is 0. The fourth-order valence-corrected chi connectivity index (χ4v) is 4.46. The number of fused-ring (bicyclic) bond motifs is 2. The molecule has 23 heavy (non-hydrogen) atoms. The Morgan fingerprint density at radius 3 is 2.09 bits per heavy atom. The summed E-state index contributed by atoms with van der Waals surface area (Å²) in [7, 11) is 0. The minimum absolute atomic E-state index is 0.489. The summed E-state index contributed by atoms with van der Waals surface area (Å²) in [6, 6.07) is 0. The van der Waals surface area contributed by atoms with Crippen molar-refractivity contribution in [1.82, 2.24) is 0 Å². The van der Waals surface area contributed by atoms with Crippen LogP contribution >= 0.6 is 0 Å². The lowest BCUT2D eigenvalue weighted by Crippen LogP contribution is -2.05. The summed E-state index contributed by atoms with van der Waals surface area (Å²) in [5.41, 5.74) is 12.2. The van der Waals surface area contributed by atoms with Crippen molar-refractivity contribution in [2.75, 3.05) is 0 Å².